The summed E-state index contributed by atoms with van der Waals surface area (Å²) in [5.74, 6) is 1.97. The van der Waals surface area contributed by atoms with Gasteiger partial charge in [0, 0.05) is 45.6 Å². The van der Waals surface area contributed by atoms with Gasteiger partial charge in [0.05, 0.1) is 12.0 Å². The lowest BCUT2D eigenvalue weighted by atomic mass is 9.99. The highest BCUT2D eigenvalue weighted by Crippen LogP contribution is 2.21. The first-order valence-electron chi connectivity index (χ1n) is 8.08. The second-order valence-electron chi connectivity index (χ2n) is 6.29. The molecule has 1 aliphatic heterocycles. The molecule has 5 nitrogen and oxygen atoms in total. The molecule has 1 fully saturated rings. The lowest BCUT2D eigenvalue weighted by molar-refractivity contribution is 0.436. The maximum atomic E-state index is 4.63. The smallest absolute Gasteiger partial charge is 0.128 e. The average molecular weight is 299 g/mol. The van der Waals surface area contributed by atoms with Gasteiger partial charge in [0.15, 0.2) is 0 Å². The molecule has 2 aromatic rings. The molecule has 0 atom stereocenters. The van der Waals surface area contributed by atoms with Gasteiger partial charge in [0.1, 0.15) is 5.82 Å². The molecule has 0 saturated carbocycles. The summed E-state index contributed by atoms with van der Waals surface area (Å²) in [6.45, 7) is 6.25. The topological polar surface area (TPSA) is 46.0 Å². The van der Waals surface area contributed by atoms with Gasteiger partial charge < -0.3 is 14.8 Å². The predicted octanol–water partition coefficient (Wildman–Crippen LogP) is 2.34. The van der Waals surface area contributed by atoms with E-state index in [1.165, 1.54) is 24.1 Å². The van der Waals surface area contributed by atoms with E-state index in [1.807, 2.05) is 30.3 Å². The molecule has 0 aromatic carbocycles. The van der Waals surface area contributed by atoms with Crippen molar-refractivity contribution in [2.24, 2.45) is 13.0 Å². The largest absolute Gasteiger partial charge is 0.357 e. The van der Waals surface area contributed by atoms with Crippen molar-refractivity contribution < 1.29 is 0 Å². The van der Waals surface area contributed by atoms with Crippen molar-refractivity contribution in [2.45, 2.75) is 32.9 Å². The van der Waals surface area contributed by atoms with Crippen LogP contribution in [0.5, 0.6) is 0 Å². The van der Waals surface area contributed by atoms with Crippen LogP contribution in [0.1, 0.15) is 31.0 Å². The van der Waals surface area contributed by atoms with E-state index in [2.05, 4.69) is 39.2 Å². The van der Waals surface area contributed by atoms with E-state index < -0.39 is 0 Å². The van der Waals surface area contributed by atoms with E-state index in [-0.39, 0.29) is 0 Å². The van der Waals surface area contributed by atoms with Gasteiger partial charge in [-0.15, -0.1) is 0 Å². The zero-order valence-electron chi connectivity index (χ0n) is 13.5. The zero-order valence-corrected chi connectivity index (χ0v) is 13.5. The lowest BCUT2D eigenvalue weighted by Crippen LogP contribution is -2.33. The Kier molecular flexibility index (Phi) is 4.73. The molecule has 0 radical (unpaired) electrons. The second kappa shape index (κ2) is 6.92. The molecule has 5 heteroatoms. The Bertz CT molecular complexity index is 581. The van der Waals surface area contributed by atoms with Crippen LogP contribution in [0.25, 0.3) is 0 Å². The first-order valence-corrected chi connectivity index (χ1v) is 8.08. The molecule has 0 bridgehead atoms. The number of piperidine rings is 1. The van der Waals surface area contributed by atoms with Crippen molar-refractivity contribution in [3.05, 3.63) is 42.1 Å². The Morgan fingerprint density at radius 2 is 2.00 bits per heavy atom. The van der Waals surface area contributed by atoms with E-state index in [1.54, 1.807) is 0 Å². The SMILES string of the molecule is CC1CCN(c2ccc(CNCc3cncn3C)cn2)CC1. The van der Waals surface area contributed by atoms with Gasteiger partial charge in [-0.25, -0.2) is 9.97 Å². The summed E-state index contributed by atoms with van der Waals surface area (Å²) in [6, 6.07) is 4.33. The van der Waals surface area contributed by atoms with E-state index in [0.29, 0.717) is 0 Å². The van der Waals surface area contributed by atoms with Crippen LogP contribution in [0.4, 0.5) is 5.82 Å². The van der Waals surface area contributed by atoms with Crippen LogP contribution in [0.2, 0.25) is 0 Å². The number of hydrogen-bond acceptors (Lipinski definition) is 4. The Labute approximate surface area is 132 Å². The minimum Gasteiger partial charge on any atom is -0.357 e. The number of nitrogens with one attached hydrogen (secondary N) is 1. The monoisotopic (exact) mass is 299 g/mol. The van der Waals surface area contributed by atoms with Crippen molar-refractivity contribution in [2.75, 3.05) is 18.0 Å². The molecule has 1 aliphatic rings. The molecule has 118 valence electrons. The van der Waals surface area contributed by atoms with E-state index in [4.69, 9.17) is 0 Å². The van der Waals surface area contributed by atoms with Crippen molar-refractivity contribution in [1.29, 1.82) is 0 Å². The Balaban J connectivity index is 1.50. The predicted molar refractivity (Wildman–Crippen MR) is 88.6 cm³/mol. The number of nitrogens with zero attached hydrogens (tertiary/aromatic N) is 4. The maximum absolute atomic E-state index is 4.63. The maximum Gasteiger partial charge on any atom is 0.128 e. The molecular formula is C17H25N5. The highest BCUT2D eigenvalue weighted by Gasteiger charge is 2.16. The van der Waals surface area contributed by atoms with Crippen molar-refractivity contribution in [1.82, 2.24) is 19.9 Å². The van der Waals surface area contributed by atoms with E-state index >= 15 is 0 Å². The van der Waals surface area contributed by atoms with Crippen LogP contribution in [0.15, 0.2) is 30.9 Å². The third kappa shape index (κ3) is 3.65. The fourth-order valence-electron chi connectivity index (χ4n) is 2.84. The second-order valence-corrected chi connectivity index (χ2v) is 6.29. The fraction of sp³-hybridized carbons (Fsp3) is 0.529. The highest BCUT2D eigenvalue weighted by atomic mass is 15.2. The number of pyridine rings is 1. The van der Waals surface area contributed by atoms with Crippen LogP contribution in [0.3, 0.4) is 0 Å². The summed E-state index contributed by atoms with van der Waals surface area (Å²) in [6.07, 6.45) is 8.26. The molecule has 0 amide bonds. The first-order chi connectivity index (χ1) is 10.7. The van der Waals surface area contributed by atoms with Crippen molar-refractivity contribution in [3.63, 3.8) is 0 Å². The number of aryl methyl sites for hydroxylation is 1. The van der Waals surface area contributed by atoms with E-state index in [0.717, 1.165) is 37.9 Å². The molecule has 0 unspecified atom stereocenters. The number of rotatable bonds is 5. The van der Waals surface area contributed by atoms with Gasteiger partial charge in [-0.2, -0.15) is 0 Å². The molecule has 3 rings (SSSR count). The van der Waals surface area contributed by atoms with Crippen LogP contribution in [-0.2, 0) is 20.1 Å². The minimum absolute atomic E-state index is 0.822. The summed E-state index contributed by atoms with van der Waals surface area (Å²) in [5.41, 5.74) is 2.41. The molecule has 2 aromatic heterocycles. The molecule has 1 N–H and O–H groups in total. The molecular weight excluding hydrogens is 274 g/mol. The summed E-state index contributed by atoms with van der Waals surface area (Å²) < 4.78 is 2.03. The summed E-state index contributed by atoms with van der Waals surface area (Å²) >= 11 is 0. The Morgan fingerprint density at radius 1 is 1.18 bits per heavy atom. The van der Waals surface area contributed by atoms with Gasteiger partial charge in [0.2, 0.25) is 0 Å². The van der Waals surface area contributed by atoms with Gasteiger partial charge in [0.25, 0.3) is 0 Å². The van der Waals surface area contributed by atoms with Gasteiger partial charge in [-0.05, 0) is 30.4 Å². The average Bonchev–Trinajstić information content (AvgIpc) is 2.94. The first kappa shape index (κ1) is 15.0. The van der Waals surface area contributed by atoms with Crippen LogP contribution >= 0.6 is 0 Å². The summed E-state index contributed by atoms with van der Waals surface area (Å²) in [7, 11) is 2.01. The van der Waals surface area contributed by atoms with Crippen molar-refractivity contribution >= 4 is 5.82 Å². The van der Waals surface area contributed by atoms with Crippen LogP contribution in [0, 0.1) is 5.92 Å². The third-order valence-electron chi connectivity index (χ3n) is 4.47. The minimum atomic E-state index is 0.822. The molecule has 1 saturated heterocycles. The number of imidazole rings is 1. The lowest BCUT2D eigenvalue weighted by Gasteiger charge is -2.31. The Hall–Kier alpha value is -1.88. The van der Waals surface area contributed by atoms with Crippen LogP contribution in [-0.4, -0.2) is 27.6 Å². The highest BCUT2D eigenvalue weighted by molar-refractivity contribution is 5.39. The summed E-state index contributed by atoms with van der Waals surface area (Å²) in [5, 5.41) is 3.44. The molecule has 3 heterocycles. The van der Waals surface area contributed by atoms with E-state index in [9.17, 15) is 0 Å². The van der Waals surface area contributed by atoms with Gasteiger partial charge in [-0.3, -0.25) is 0 Å². The number of hydrogen-bond donors (Lipinski definition) is 1. The third-order valence-corrected chi connectivity index (χ3v) is 4.47. The Morgan fingerprint density at radius 3 is 2.64 bits per heavy atom. The number of aromatic nitrogens is 3. The fourth-order valence-corrected chi connectivity index (χ4v) is 2.84. The quantitative estimate of drug-likeness (QED) is 0.920. The summed E-state index contributed by atoms with van der Waals surface area (Å²) in [4.78, 5) is 11.1. The van der Waals surface area contributed by atoms with Crippen molar-refractivity contribution in [3.8, 4) is 0 Å². The molecule has 0 spiro atoms. The van der Waals surface area contributed by atoms with Crippen LogP contribution < -0.4 is 10.2 Å². The molecule has 0 aliphatic carbocycles. The zero-order chi connectivity index (χ0) is 15.4. The normalized spacial score (nSPS) is 16.2. The van der Waals surface area contributed by atoms with Gasteiger partial charge in [-0.1, -0.05) is 13.0 Å². The molecule has 22 heavy (non-hydrogen) atoms. The number of anilines is 1. The standard InChI is InChI=1S/C17H25N5/c1-14-5-7-22(8-6-14)17-4-3-15(10-20-17)9-18-11-16-12-19-13-21(16)2/h3-4,10,12-14,18H,5-9,11H2,1-2H3. The van der Waals surface area contributed by atoms with Gasteiger partial charge >= 0.3 is 0 Å².